The van der Waals surface area contributed by atoms with Crippen molar-refractivity contribution < 1.29 is 13.2 Å². The first-order valence-corrected chi connectivity index (χ1v) is 11.4. The zero-order valence-corrected chi connectivity index (χ0v) is 17.2. The second kappa shape index (κ2) is 8.71. The number of nitrogens with zero attached hydrogens (tertiary/aromatic N) is 3. The van der Waals surface area contributed by atoms with Gasteiger partial charge in [-0.2, -0.15) is 17.0 Å². The Hall–Kier alpha value is -1.44. The molecule has 27 heavy (non-hydrogen) atoms. The predicted molar refractivity (Wildman–Crippen MR) is 106 cm³/mol. The zero-order chi connectivity index (χ0) is 19.4. The van der Waals surface area contributed by atoms with Crippen molar-refractivity contribution in [3.05, 3.63) is 35.4 Å². The minimum absolute atomic E-state index is 0.0385. The quantitative estimate of drug-likeness (QED) is 0.772. The van der Waals surface area contributed by atoms with E-state index in [9.17, 15) is 13.2 Å². The summed E-state index contributed by atoms with van der Waals surface area (Å²) in [5.74, 6) is -0.0532. The van der Waals surface area contributed by atoms with E-state index in [0.29, 0.717) is 19.6 Å². The molecule has 2 aliphatic heterocycles. The average Bonchev–Trinajstić information content (AvgIpc) is 2.65. The van der Waals surface area contributed by atoms with Crippen molar-refractivity contribution in [2.45, 2.75) is 58.5 Å². The van der Waals surface area contributed by atoms with E-state index < -0.39 is 10.2 Å². The number of rotatable bonds is 5. The maximum Gasteiger partial charge on any atom is 0.282 e. The van der Waals surface area contributed by atoms with Crippen molar-refractivity contribution in [1.29, 1.82) is 0 Å². The third-order valence-corrected chi connectivity index (χ3v) is 7.57. The third kappa shape index (κ3) is 4.70. The van der Waals surface area contributed by atoms with E-state index in [0.717, 1.165) is 49.8 Å². The summed E-state index contributed by atoms with van der Waals surface area (Å²) in [6, 6.07) is 8.17. The van der Waals surface area contributed by atoms with Crippen LogP contribution in [-0.4, -0.2) is 60.1 Å². The average molecular weight is 394 g/mol. The maximum atomic E-state index is 13.1. The van der Waals surface area contributed by atoms with Crippen LogP contribution in [0.1, 0.15) is 50.2 Å². The number of carbonyl (C=O) groups is 1. The molecule has 1 amide bonds. The molecule has 0 spiro atoms. The van der Waals surface area contributed by atoms with Crippen molar-refractivity contribution in [1.82, 2.24) is 13.5 Å². The standard InChI is InChI=1S/C20H31N3O3S/c1-3-19-10-4-5-13-23(19)20(24)16-22-12-7-11-21(27(22,25)26)15-18-9-6-8-17(2)14-18/h6,8-9,14,19H,3-5,7,10-13,15-16H2,1-2H3/t19-/m1/s1. The van der Waals surface area contributed by atoms with Crippen LogP contribution < -0.4 is 0 Å². The van der Waals surface area contributed by atoms with E-state index in [-0.39, 0.29) is 18.5 Å². The number of benzene rings is 1. The van der Waals surface area contributed by atoms with E-state index in [4.69, 9.17) is 0 Å². The van der Waals surface area contributed by atoms with Crippen LogP contribution in [0.5, 0.6) is 0 Å². The summed E-state index contributed by atoms with van der Waals surface area (Å²) in [6.45, 7) is 6.09. The molecular weight excluding hydrogens is 362 g/mol. The summed E-state index contributed by atoms with van der Waals surface area (Å²) >= 11 is 0. The minimum atomic E-state index is -3.61. The molecule has 2 heterocycles. The summed E-state index contributed by atoms with van der Waals surface area (Å²) in [4.78, 5) is 14.7. The Morgan fingerprint density at radius 2 is 1.89 bits per heavy atom. The molecular formula is C20H31N3O3S. The number of aryl methyl sites for hydroxylation is 1. The van der Waals surface area contributed by atoms with E-state index in [1.165, 1.54) is 8.61 Å². The second-order valence-corrected chi connectivity index (χ2v) is 9.59. The number of likely N-dealkylation sites (tertiary alicyclic amines) is 1. The van der Waals surface area contributed by atoms with Crippen LogP contribution in [0.25, 0.3) is 0 Å². The number of carbonyl (C=O) groups excluding carboxylic acids is 1. The van der Waals surface area contributed by atoms with Crippen LogP contribution in [-0.2, 0) is 21.5 Å². The molecule has 7 heteroatoms. The summed E-state index contributed by atoms with van der Waals surface area (Å²) in [6.07, 6.45) is 4.85. The van der Waals surface area contributed by atoms with Gasteiger partial charge in [0.05, 0.1) is 6.54 Å². The Labute approximate surface area is 163 Å². The minimum Gasteiger partial charge on any atom is -0.339 e. The molecule has 150 valence electrons. The van der Waals surface area contributed by atoms with Gasteiger partial charge in [-0.05, 0) is 44.6 Å². The lowest BCUT2D eigenvalue weighted by Gasteiger charge is -2.38. The molecule has 2 fully saturated rings. The molecule has 0 N–H and O–H groups in total. The number of hydrogen-bond donors (Lipinski definition) is 0. The maximum absolute atomic E-state index is 13.1. The second-order valence-electron chi connectivity index (χ2n) is 7.66. The van der Waals surface area contributed by atoms with Crippen LogP contribution in [0.4, 0.5) is 0 Å². The lowest BCUT2D eigenvalue weighted by molar-refractivity contribution is -0.135. The van der Waals surface area contributed by atoms with E-state index in [1.54, 1.807) is 0 Å². The van der Waals surface area contributed by atoms with E-state index >= 15 is 0 Å². The van der Waals surface area contributed by atoms with Crippen molar-refractivity contribution >= 4 is 16.1 Å². The molecule has 1 aromatic carbocycles. The van der Waals surface area contributed by atoms with Gasteiger partial charge < -0.3 is 4.90 Å². The lowest BCUT2D eigenvalue weighted by atomic mass is 10.00. The number of piperidine rings is 1. The molecule has 2 aliphatic rings. The molecule has 0 radical (unpaired) electrons. The number of amides is 1. The molecule has 0 bridgehead atoms. The largest absolute Gasteiger partial charge is 0.339 e. The highest BCUT2D eigenvalue weighted by Crippen LogP contribution is 2.23. The molecule has 1 atom stereocenters. The predicted octanol–water partition coefficient (Wildman–Crippen LogP) is 2.54. The Balaban J connectivity index is 1.69. The van der Waals surface area contributed by atoms with Gasteiger partial charge in [0.2, 0.25) is 5.91 Å². The normalized spacial score (nSPS) is 24.1. The Kier molecular flexibility index (Phi) is 6.55. The summed E-state index contributed by atoms with van der Waals surface area (Å²) in [5, 5.41) is 0. The highest BCUT2D eigenvalue weighted by atomic mass is 32.2. The summed E-state index contributed by atoms with van der Waals surface area (Å²) in [7, 11) is -3.61. The highest BCUT2D eigenvalue weighted by molar-refractivity contribution is 7.86. The first kappa shape index (κ1) is 20.3. The van der Waals surface area contributed by atoms with E-state index in [2.05, 4.69) is 6.92 Å². The van der Waals surface area contributed by atoms with Crippen molar-refractivity contribution in [3.8, 4) is 0 Å². The third-order valence-electron chi connectivity index (χ3n) is 5.64. The molecule has 0 aromatic heterocycles. The summed E-state index contributed by atoms with van der Waals surface area (Å²) in [5.41, 5.74) is 2.10. The van der Waals surface area contributed by atoms with Crippen molar-refractivity contribution in [2.75, 3.05) is 26.2 Å². The molecule has 0 saturated carbocycles. The fourth-order valence-electron chi connectivity index (χ4n) is 4.15. The van der Waals surface area contributed by atoms with Gasteiger partial charge in [0, 0.05) is 32.2 Å². The Bertz CT molecular complexity index is 765. The first-order chi connectivity index (χ1) is 12.9. The molecule has 6 nitrogen and oxygen atoms in total. The van der Waals surface area contributed by atoms with Gasteiger partial charge in [0.1, 0.15) is 0 Å². The van der Waals surface area contributed by atoms with Gasteiger partial charge in [-0.1, -0.05) is 36.8 Å². The van der Waals surface area contributed by atoms with E-state index in [1.807, 2.05) is 36.1 Å². The van der Waals surface area contributed by atoms with Crippen LogP contribution >= 0.6 is 0 Å². The van der Waals surface area contributed by atoms with Gasteiger partial charge in [-0.15, -0.1) is 0 Å². The zero-order valence-electron chi connectivity index (χ0n) is 16.4. The molecule has 0 unspecified atom stereocenters. The monoisotopic (exact) mass is 393 g/mol. The fraction of sp³-hybridized carbons (Fsp3) is 0.650. The highest BCUT2D eigenvalue weighted by Gasteiger charge is 2.36. The van der Waals surface area contributed by atoms with Crippen molar-refractivity contribution in [3.63, 3.8) is 0 Å². The van der Waals surface area contributed by atoms with Crippen LogP contribution in [0.2, 0.25) is 0 Å². The lowest BCUT2D eigenvalue weighted by Crippen LogP contribution is -2.54. The van der Waals surface area contributed by atoms with Gasteiger partial charge in [0.15, 0.2) is 0 Å². The molecule has 3 rings (SSSR count). The smallest absolute Gasteiger partial charge is 0.282 e. The summed E-state index contributed by atoms with van der Waals surface area (Å²) < 4.78 is 29.0. The van der Waals surface area contributed by atoms with Gasteiger partial charge in [-0.3, -0.25) is 4.79 Å². The van der Waals surface area contributed by atoms with Crippen molar-refractivity contribution in [2.24, 2.45) is 0 Å². The Morgan fingerprint density at radius 1 is 1.11 bits per heavy atom. The van der Waals surface area contributed by atoms with Crippen LogP contribution in [0.15, 0.2) is 24.3 Å². The molecule has 1 aromatic rings. The topological polar surface area (TPSA) is 60.9 Å². The molecule has 0 aliphatic carbocycles. The first-order valence-electron chi connectivity index (χ1n) is 10.0. The van der Waals surface area contributed by atoms with Crippen LogP contribution in [0, 0.1) is 6.92 Å². The SMILES string of the molecule is CC[C@@H]1CCCCN1C(=O)CN1CCCN(Cc2cccc(C)c2)S1(=O)=O. The van der Waals surface area contributed by atoms with Gasteiger partial charge >= 0.3 is 0 Å². The Morgan fingerprint density at radius 3 is 2.63 bits per heavy atom. The van der Waals surface area contributed by atoms with Gasteiger partial charge in [0.25, 0.3) is 10.2 Å². The van der Waals surface area contributed by atoms with Gasteiger partial charge in [-0.25, -0.2) is 0 Å². The fourth-order valence-corrected chi connectivity index (χ4v) is 5.78. The molecule has 2 saturated heterocycles. The van der Waals surface area contributed by atoms with Crippen LogP contribution in [0.3, 0.4) is 0 Å². The number of hydrogen-bond acceptors (Lipinski definition) is 3.